The van der Waals surface area contributed by atoms with Crippen molar-refractivity contribution in [3.05, 3.63) is 22.2 Å². The van der Waals surface area contributed by atoms with Gasteiger partial charge in [-0.25, -0.2) is 0 Å². The van der Waals surface area contributed by atoms with Gasteiger partial charge in [-0.1, -0.05) is 23.2 Å². The number of carbonyl (C=O) groups is 1. The molecular weight excluding hydrogens is 313 g/mol. The maximum Gasteiger partial charge on any atom is 0.225 e. The molecular formula is C14H19Cl2N3O2. The van der Waals surface area contributed by atoms with Crippen molar-refractivity contribution < 1.29 is 9.53 Å². The zero-order valence-electron chi connectivity index (χ0n) is 11.9. The molecule has 1 unspecified atom stereocenters. The van der Waals surface area contributed by atoms with Crippen LogP contribution in [0.4, 0.5) is 11.4 Å². The molecule has 0 bridgehead atoms. The Balaban J connectivity index is 1.90. The summed E-state index contributed by atoms with van der Waals surface area (Å²) < 4.78 is 5.37. The second-order valence-electron chi connectivity index (χ2n) is 5.12. The molecule has 1 amide bonds. The standard InChI is InChI=1S/C14H19Cl2N3O2/c1-9-8-21-5-4-19(9)3-2-13(20)18-14-11(15)6-10(17)7-12(14)16/h6-7,9H,2-5,8,17H2,1H3,(H,18,20). The number of carbonyl (C=O) groups excluding carboxylic acids is 1. The van der Waals surface area contributed by atoms with Gasteiger partial charge in [0.05, 0.1) is 28.9 Å². The van der Waals surface area contributed by atoms with Crippen LogP contribution < -0.4 is 11.1 Å². The van der Waals surface area contributed by atoms with Crippen molar-refractivity contribution in [2.45, 2.75) is 19.4 Å². The van der Waals surface area contributed by atoms with E-state index in [2.05, 4.69) is 17.1 Å². The quantitative estimate of drug-likeness (QED) is 0.832. The SMILES string of the molecule is CC1COCCN1CCC(=O)Nc1c(Cl)cc(N)cc1Cl. The van der Waals surface area contributed by atoms with Crippen LogP contribution in [-0.2, 0) is 9.53 Å². The van der Waals surface area contributed by atoms with Crippen molar-refractivity contribution in [2.75, 3.05) is 37.4 Å². The van der Waals surface area contributed by atoms with Gasteiger partial charge < -0.3 is 15.8 Å². The van der Waals surface area contributed by atoms with Gasteiger partial charge in [0.25, 0.3) is 0 Å². The minimum atomic E-state index is -0.123. The normalized spacial score (nSPS) is 19.5. The number of nitrogens with zero attached hydrogens (tertiary/aromatic N) is 1. The van der Waals surface area contributed by atoms with E-state index in [-0.39, 0.29) is 5.91 Å². The number of benzene rings is 1. The van der Waals surface area contributed by atoms with Crippen molar-refractivity contribution in [3.63, 3.8) is 0 Å². The molecule has 0 radical (unpaired) electrons. The monoisotopic (exact) mass is 331 g/mol. The van der Waals surface area contributed by atoms with Crippen LogP contribution in [0.1, 0.15) is 13.3 Å². The number of anilines is 2. The summed E-state index contributed by atoms with van der Waals surface area (Å²) in [6, 6.07) is 3.45. The Kier molecular flexibility index (Phi) is 5.70. The average molecular weight is 332 g/mol. The summed E-state index contributed by atoms with van der Waals surface area (Å²) in [6.45, 7) is 5.03. The lowest BCUT2D eigenvalue weighted by atomic mass is 10.2. The molecule has 1 heterocycles. The zero-order valence-corrected chi connectivity index (χ0v) is 13.4. The van der Waals surface area contributed by atoms with E-state index in [4.69, 9.17) is 33.7 Å². The van der Waals surface area contributed by atoms with Gasteiger partial charge in [-0.2, -0.15) is 0 Å². The lowest BCUT2D eigenvalue weighted by molar-refractivity contribution is -0.117. The molecule has 1 fully saturated rings. The number of halogens is 2. The predicted molar refractivity (Wildman–Crippen MR) is 86.0 cm³/mol. The van der Waals surface area contributed by atoms with Crippen LogP contribution in [0.2, 0.25) is 10.0 Å². The fraction of sp³-hybridized carbons (Fsp3) is 0.500. The van der Waals surface area contributed by atoms with Crippen LogP contribution in [0.15, 0.2) is 12.1 Å². The fourth-order valence-corrected chi connectivity index (χ4v) is 2.85. The first-order chi connectivity index (χ1) is 9.97. The molecule has 3 N–H and O–H groups in total. The topological polar surface area (TPSA) is 67.6 Å². The third kappa shape index (κ3) is 4.48. The smallest absolute Gasteiger partial charge is 0.225 e. The summed E-state index contributed by atoms with van der Waals surface area (Å²) in [4.78, 5) is 14.3. The van der Waals surface area contributed by atoms with Crippen molar-refractivity contribution >= 4 is 40.5 Å². The number of hydrogen-bond donors (Lipinski definition) is 2. The molecule has 1 atom stereocenters. The first-order valence-electron chi connectivity index (χ1n) is 6.83. The summed E-state index contributed by atoms with van der Waals surface area (Å²) in [6.07, 6.45) is 0.376. The number of ether oxygens (including phenoxy) is 1. The highest BCUT2D eigenvalue weighted by Gasteiger charge is 2.19. The number of hydrogen-bond acceptors (Lipinski definition) is 4. The van der Waals surface area contributed by atoms with Crippen molar-refractivity contribution in [2.24, 2.45) is 0 Å². The van der Waals surface area contributed by atoms with E-state index < -0.39 is 0 Å². The molecule has 21 heavy (non-hydrogen) atoms. The van der Waals surface area contributed by atoms with Gasteiger partial charge in [0.1, 0.15) is 0 Å². The summed E-state index contributed by atoms with van der Waals surface area (Å²) in [7, 11) is 0. The molecule has 0 spiro atoms. The Bertz CT molecular complexity index is 502. The van der Waals surface area contributed by atoms with Crippen LogP contribution >= 0.6 is 23.2 Å². The molecule has 0 aromatic heterocycles. The number of nitrogens with two attached hydrogens (primary N) is 1. The Morgan fingerprint density at radius 2 is 2.14 bits per heavy atom. The van der Waals surface area contributed by atoms with Gasteiger partial charge in [-0.05, 0) is 19.1 Å². The van der Waals surface area contributed by atoms with Crippen LogP contribution in [-0.4, -0.2) is 43.2 Å². The van der Waals surface area contributed by atoms with E-state index in [0.717, 1.165) is 6.54 Å². The highest BCUT2D eigenvalue weighted by molar-refractivity contribution is 6.40. The van der Waals surface area contributed by atoms with E-state index in [0.29, 0.717) is 53.6 Å². The Hall–Kier alpha value is -1.01. The van der Waals surface area contributed by atoms with Gasteiger partial charge in [0.15, 0.2) is 0 Å². The maximum atomic E-state index is 12.0. The molecule has 1 aliphatic heterocycles. The van der Waals surface area contributed by atoms with Crippen LogP contribution in [0, 0.1) is 0 Å². The minimum absolute atomic E-state index is 0.123. The summed E-state index contributed by atoms with van der Waals surface area (Å²) in [5.74, 6) is -0.123. The van der Waals surface area contributed by atoms with Crippen LogP contribution in [0.25, 0.3) is 0 Å². The number of amides is 1. The Morgan fingerprint density at radius 3 is 2.76 bits per heavy atom. The van der Waals surface area contributed by atoms with E-state index >= 15 is 0 Å². The van der Waals surface area contributed by atoms with Gasteiger partial charge in [-0.3, -0.25) is 9.69 Å². The number of nitrogen functional groups attached to an aromatic ring is 1. The lowest BCUT2D eigenvalue weighted by Gasteiger charge is -2.32. The first kappa shape index (κ1) is 16.4. The predicted octanol–water partition coefficient (Wildman–Crippen LogP) is 2.62. The third-order valence-electron chi connectivity index (χ3n) is 3.46. The Morgan fingerprint density at radius 1 is 1.48 bits per heavy atom. The van der Waals surface area contributed by atoms with Crippen molar-refractivity contribution in [1.29, 1.82) is 0 Å². The van der Waals surface area contributed by atoms with E-state index in [1.807, 2.05) is 0 Å². The van der Waals surface area contributed by atoms with Gasteiger partial charge in [-0.15, -0.1) is 0 Å². The second kappa shape index (κ2) is 7.31. The van der Waals surface area contributed by atoms with Gasteiger partial charge in [0, 0.05) is 31.2 Å². The largest absolute Gasteiger partial charge is 0.399 e. The highest BCUT2D eigenvalue weighted by Crippen LogP contribution is 2.32. The number of rotatable bonds is 4. The van der Waals surface area contributed by atoms with Crippen molar-refractivity contribution in [1.82, 2.24) is 4.90 Å². The average Bonchev–Trinajstić information content (AvgIpc) is 2.42. The number of morpholine rings is 1. The fourth-order valence-electron chi connectivity index (χ4n) is 2.25. The van der Waals surface area contributed by atoms with E-state index in [1.54, 1.807) is 12.1 Å². The first-order valence-corrected chi connectivity index (χ1v) is 7.59. The molecule has 1 aromatic rings. The zero-order chi connectivity index (χ0) is 15.4. The molecule has 0 aliphatic carbocycles. The van der Waals surface area contributed by atoms with Gasteiger partial charge >= 0.3 is 0 Å². The summed E-state index contributed by atoms with van der Waals surface area (Å²) in [5.41, 5.74) is 6.50. The number of nitrogens with one attached hydrogen (secondary N) is 1. The summed E-state index contributed by atoms with van der Waals surface area (Å²) in [5, 5.41) is 3.43. The molecule has 1 aliphatic rings. The van der Waals surface area contributed by atoms with Crippen LogP contribution in [0.5, 0.6) is 0 Å². The lowest BCUT2D eigenvalue weighted by Crippen LogP contribution is -2.44. The Labute approximate surface area is 134 Å². The molecule has 5 nitrogen and oxygen atoms in total. The van der Waals surface area contributed by atoms with E-state index in [1.165, 1.54) is 0 Å². The maximum absolute atomic E-state index is 12.0. The minimum Gasteiger partial charge on any atom is -0.399 e. The third-order valence-corrected chi connectivity index (χ3v) is 4.06. The molecule has 7 heteroatoms. The molecule has 0 saturated carbocycles. The summed E-state index contributed by atoms with van der Waals surface area (Å²) >= 11 is 12.1. The van der Waals surface area contributed by atoms with Crippen molar-refractivity contribution in [3.8, 4) is 0 Å². The highest BCUT2D eigenvalue weighted by atomic mass is 35.5. The van der Waals surface area contributed by atoms with Crippen LogP contribution in [0.3, 0.4) is 0 Å². The van der Waals surface area contributed by atoms with E-state index in [9.17, 15) is 4.79 Å². The second-order valence-corrected chi connectivity index (χ2v) is 5.93. The molecule has 116 valence electrons. The molecule has 1 aromatic carbocycles. The van der Waals surface area contributed by atoms with Gasteiger partial charge in [0.2, 0.25) is 5.91 Å². The molecule has 2 rings (SSSR count). The molecule has 1 saturated heterocycles.